The van der Waals surface area contributed by atoms with Crippen molar-refractivity contribution in [3.8, 4) is 0 Å². The van der Waals surface area contributed by atoms with Crippen LogP contribution in [0.1, 0.15) is 91.6 Å². The molecule has 0 saturated carbocycles. The number of rotatable bonds is 36. The summed E-state index contributed by atoms with van der Waals surface area (Å²) in [7, 11) is 11.0. The lowest BCUT2D eigenvalue weighted by Gasteiger charge is -2.19. The maximum Gasteiger partial charge on any atom is 0.407 e. The first kappa shape index (κ1) is 83.7. The van der Waals surface area contributed by atoms with Crippen molar-refractivity contribution in [1.29, 1.82) is 0 Å². The second kappa shape index (κ2) is 46.6. The van der Waals surface area contributed by atoms with Gasteiger partial charge in [-0.1, -0.05) is 43.9 Å². The second-order valence-electron chi connectivity index (χ2n) is 23.4. The number of ether oxygens (including phenoxy) is 5. The predicted octanol–water partition coefficient (Wildman–Crippen LogP) is 11.5. The summed E-state index contributed by atoms with van der Waals surface area (Å²) in [6.07, 6.45) is 13.1. The van der Waals surface area contributed by atoms with Crippen LogP contribution in [0.3, 0.4) is 0 Å². The lowest BCUT2D eigenvalue weighted by atomic mass is 10.2. The highest BCUT2D eigenvalue weighted by molar-refractivity contribution is 7.21. The van der Waals surface area contributed by atoms with Crippen LogP contribution in [-0.4, -0.2) is 239 Å². The summed E-state index contributed by atoms with van der Waals surface area (Å²) in [4.78, 5) is 83.5. The van der Waals surface area contributed by atoms with E-state index in [4.69, 9.17) is 62.8 Å². The summed E-state index contributed by atoms with van der Waals surface area (Å²) in [6, 6.07) is 24.5. The van der Waals surface area contributed by atoms with E-state index < -0.39 is 6.09 Å². The van der Waals surface area contributed by atoms with Crippen LogP contribution in [0.15, 0.2) is 99.2 Å². The molecule has 9 rings (SSSR count). The van der Waals surface area contributed by atoms with Gasteiger partial charge in [0.15, 0.2) is 6.29 Å². The number of nitrogens with zero attached hydrogens (tertiary/aromatic N) is 9. The van der Waals surface area contributed by atoms with Crippen LogP contribution in [0.5, 0.6) is 0 Å². The average molecular weight is 1480 g/mol. The molecular formula is C72H101Cl2N11O12S3. The number of hydrogen-bond donors (Lipinski definition) is 4. The van der Waals surface area contributed by atoms with E-state index in [1.54, 1.807) is 58.5 Å². The van der Waals surface area contributed by atoms with Crippen LogP contribution < -0.4 is 25.8 Å². The number of amidine groups is 3. The van der Waals surface area contributed by atoms with Crippen molar-refractivity contribution in [3.63, 3.8) is 0 Å². The Morgan fingerprint density at radius 1 is 0.550 bits per heavy atom. The number of alkyl carbamates (subject to hydrolysis) is 1. The van der Waals surface area contributed by atoms with Gasteiger partial charge < -0.3 is 64.5 Å². The minimum absolute atomic E-state index is 0.0664. The highest BCUT2D eigenvalue weighted by Gasteiger charge is 2.25. The number of fused-ring (bicyclic) bond motifs is 3. The number of aldehydes is 1. The normalized spacial score (nSPS) is 14.2. The largest absolute Gasteiger partial charge is 0.448 e. The summed E-state index contributed by atoms with van der Waals surface area (Å²) in [5.74, 6) is 3.65. The Balaban J connectivity index is 0.000000249. The maximum atomic E-state index is 12.3. The Morgan fingerprint density at radius 3 is 1.33 bits per heavy atom. The number of carbonyl (C=O) groups is 5. The Morgan fingerprint density at radius 2 is 0.960 bits per heavy atom. The fraction of sp³-hybridized carbons (Fsp3) is 0.500. The summed E-state index contributed by atoms with van der Waals surface area (Å²) in [5, 5.41) is 23.9. The molecule has 0 atom stereocenters. The fourth-order valence-electron chi connectivity index (χ4n) is 9.57. The van der Waals surface area contributed by atoms with Gasteiger partial charge in [-0.25, -0.2) is 14.8 Å². The molecule has 23 nitrogen and oxygen atoms in total. The lowest BCUT2D eigenvalue weighted by molar-refractivity contribution is -0.124. The number of nitrogens with two attached hydrogens (primary N) is 1. The standard InChI is InChI=1S/C28H39ClN4O5S.C17H19N3O2S.C12H13NO2S.C10H22ClNO2.C5H8N2O/c1-21-31-25(27(34)33(21)3)20-24-18-22-8-9-23(19-26(22)39-24)32(2)12-15-38-28(35)30-11-14-37-17-16-36-13-7-5-4-6-10-29;1-11-18-15(17(22)20(11)3)10-14-8-12-4-5-13(9-16(12)23-14)19(2)6-7-21;1-13(4-5-14)10-3-2-9-6-11(8-15)16-12(9)7-10;11-5-3-1-2-4-7-13-9-10-14-8-6-12;1-4-6-3-5(8)7(4)2/h8-9,18-20H,4-7,10-17H2,1-3H3,(H,30,35);4-5,8-10,21H,6-7H2,1-3H3;2-3,6-8,14H,4-5H2,1H3;1-10,12H2;3H2,1-2H3/b25-20-;15-10+;;;. The Kier molecular flexibility index (Phi) is 39.0. The number of nitrogens with one attached hydrogen (secondary N) is 1. The molecule has 3 aliphatic rings. The zero-order chi connectivity index (χ0) is 72.8. The Labute approximate surface area is 610 Å². The van der Waals surface area contributed by atoms with Gasteiger partial charge in [-0.15, -0.1) is 57.2 Å². The van der Waals surface area contributed by atoms with E-state index in [1.807, 2.05) is 105 Å². The van der Waals surface area contributed by atoms with Crippen molar-refractivity contribution >= 4 is 164 Å². The number of halogens is 2. The van der Waals surface area contributed by atoms with Gasteiger partial charge in [0, 0.05) is 134 Å². The zero-order valence-corrected chi connectivity index (χ0v) is 63.3. The first-order chi connectivity index (χ1) is 48.2. The summed E-state index contributed by atoms with van der Waals surface area (Å²) in [5.41, 5.74) is 9.34. The molecule has 0 fully saturated rings. The quantitative estimate of drug-likeness (QED) is 0.0123. The van der Waals surface area contributed by atoms with E-state index in [0.29, 0.717) is 96.1 Å². The molecule has 6 heterocycles. The van der Waals surface area contributed by atoms with Crippen molar-refractivity contribution < 1.29 is 57.9 Å². The molecule has 5 N–H and O–H groups in total. The van der Waals surface area contributed by atoms with E-state index in [1.165, 1.54) is 24.2 Å². The first-order valence-electron chi connectivity index (χ1n) is 33.6. The van der Waals surface area contributed by atoms with E-state index >= 15 is 0 Å². The van der Waals surface area contributed by atoms with Crippen LogP contribution in [0, 0.1) is 0 Å². The molecule has 6 aromatic rings. The molecule has 3 aliphatic heterocycles. The highest BCUT2D eigenvalue weighted by Crippen LogP contribution is 2.34. The molecule has 3 aromatic heterocycles. The third kappa shape index (κ3) is 28.8. The van der Waals surface area contributed by atoms with Gasteiger partial charge in [0.25, 0.3) is 11.8 Å². The molecule has 0 bridgehead atoms. The number of thiophene rings is 3. The molecule has 28 heteroatoms. The van der Waals surface area contributed by atoms with Crippen LogP contribution in [0.25, 0.3) is 42.4 Å². The molecule has 100 heavy (non-hydrogen) atoms. The smallest absolute Gasteiger partial charge is 0.407 e. The van der Waals surface area contributed by atoms with Gasteiger partial charge in [-0.3, -0.25) is 34.0 Å². The minimum atomic E-state index is -0.461. The third-order valence-electron chi connectivity index (χ3n) is 15.8. The number of anilines is 3. The van der Waals surface area contributed by atoms with Gasteiger partial charge in [-0.05, 0) is 129 Å². The van der Waals surface area contributed by atoms with Crippen molar-refractivity contribution in [2.24, 2.45) is 20.7 Å². The predicted molar refractivity (Wildman–Crippen MR) is 413 cm³/mol. The maximum absolute atomic E-state index is 12.3. The van der Waals surface area contributed by atoms with E-state index in [0.717, 1.165) is 143 Å². The van der Waals surface area contributed by atoms with Crippen molar-refractivity contribution in [2.75, 3.05) is 181 Å². The molecule has 0 spiro atoms. The SMILES string of the molecule is CC1=N/C(=C/c2cc3ccc(N(C)CCO)cc3s2)C(=O)N1C.CC1=N/C(=C\c2cc3ccc(N(C)CCOC(=O)NCCOCCOCCCCCCCl)cc3s2)C(=O)N1C.CC1=NCC(=O)N1C.CN(CCO)c1ccc2cc(C=O)sc2c1.NCCOCCOCCCCCCCl. The molecule has 0 radical (unpaired) electrons. The zero-order valence-electron chi connectivity index (χ0n) is 59.3. The second-order valence-corrected chi connectivity index (χ2v) is 27.5. The van der Waals surface area contributed by atoms with Gasteiger partial charge >= 0.3 is 6.09 Å². The number of amides is 4. The number of alkyl halides is 2. The molecule has 0 unspecified atom stereocenters. The van der Waals surface area contributed by atoms with Crippen molar-refractivity contribution in [1.82, 2.24) is 20.0 Å². The number of aliphatic hydroxyl groups is 2. The lowest BCUT2D eigenvalue weighted by Crippen LogP contribution is -2.31. The van der Waals surface area contributed by atoms with E-state index in [-0.39, 0.29) is 37.5 Å². The summed E-state index contributed by atoms with van der Waals surface area (Å²) >= 11 is 15.9. The van der Waals surface area contributed by atoms with Crippen LogP contribution in [0.2, 0.25) is 0 Å². The Bertz CT molecular complexity index is 3680. The molecule has 3 aromatic carbocycles. The van der Waals surface area contributed by atoms with Crippen molar-refractivity contribution in [2.45, 2.75) is 72.1 Å². The first-order valence-corrected chi connectivity index (χ1v) is 37.1. The van der Waals surface area contributed by atoms with Crippen LogP contribution >= 0.6 is 57.2 Å². The van der Waals surface area contributed by atoms with Gasteiger partial charge in [0.2, 0.25) is 5.91 Å². The van der Waals surface area contributed by atoms with E-state index in [2.05, 4.69) is 56.7 Å². The summed E-state index contributed by atoms with van der Waals surface area (Å²) < 4.78 is 30.2. The topological polar surface area (TPSA) is 267 Å². The van der Waals surface area contributed by atoms with E-state index in [9.17, 15) is 24.0 Å². The number of aliphatic hydroxyl groups excluding tert-OH is 2. The highest BCUT2D eigenvalue weighted by atomic mass is 35.5. The number of benzene rings is 3. The summed E-state index contributed by atoms with van der Waals surface area (Å²) in [6.45, 7) is 14.0. The van der Waals surface area contributed by atoms with Gasteiger partial charge in [-0.2, -0.15) is 0 Å². The fourth-order valence-corrected chi connectivity index (χ4v) is 12.9. The van der Waals surface area contributed by atoms with Crippen LogP contribution in [0.4, 0.5) is 21.9 Å². The molecular weight excluding hydrogens is 1380 g/mol. The number of hydrogen-bond acceptors (Lipinski definition) is 22. The monoisotopic (exact) mass is 1480 g/mol. The number of likely N-dealkylation sites (N-methyl/N-ethyl adjacent to an activating group) is 6. The molecule has 548 valence electrons. The number of carbonyl (C=O) groups excluding carboxylic acids is 5. The molecule has 0 saturated heterocycles. The minimum Gasteiger partial charge on any atom is -0.448 e. The van der Waals surface area contributed by atoms with Gasteiger partial charge in [0.1, 0.15) is 42.1 Å². The van der Waals surface area contributed by atoms with Gasteiger partial charge in [0.05, 0.1) is 64.3 Å². The third-order valence-corrected chi connectivity index (χ3v) is 19.5. The van der Waals surface area contributed by atoms with Crippen molar-refractivity contribution in [3.05, 3.63) is 98.8 Å². The molecule has 4 amide bonds. The molecule has 0 aliphatic carbocycles. The Hall–Kier alpha value is -6.92. The van der Waals surface area contributed by atoms with Crippen LogP contribution in [-0.2, 0) is 38.1 Å². The average Bonchev–Trinajstić information content (AvgIpc) is 1.66. The number of aliphatic imine (C=N–C) groups is 3. The number of unbranched alkanes of at least 4 members (excludes halogenated alkanes) is 6.